The summed E-state index contributed by atoms with van der Waals surface area (Å²) in [6.07, 6.45) is 0.829. The first kappa shape index (κ1) is 18.0. The lowest BCUT2D eigenvalue weighted by molar-refractivity contribution is 0.0943. The number of urea groups is 1. The molecule has 0 spiro atoms. The van der Waals surface area contributed by atoms with E-state index in [0.29, 0.717) is 18.7 Å². The SMILES string of the molecule is CC(C)NC(=O)c1cccc(CNC(=O)NCCc2cccs2)c1. The summed E-state index contributed by atoms with van der Waals surface area (Å²) in [5.41, 5.74) is 1.49. The van der Waals surface area contributed by atoms with E-state index in [1.165, 1.54) is 4.88 Å². The molecule has 0 fully saturated rings. The predicted octanol–water partition coefficient (Wildman–Crippen LogP) is 2.93. The molecule has 0 saturated carbocycles. The minimum Gasteiger partial charge on any atom is -0.350 e. The number of carbonyl (C=O) groups is 2. The molecule has 24 heavy (non-hydrogen) atoms. The molecule has 0 aliphatic carbocycles. The van der Waals surface area contributed by atoms with E-state index in [0.717, 1.165) is 12.0 Å². The number of hydrogen-bond donors (Lipinski definition) is 3. The highest BCUT2D eigenvalue weighted by molar-refractivity contribution is 7.09. The Morgan fingerprint density at radius 1 is 1.12 bits per heavy atom. The van der Waals surface area contributed by atoms with Crippen LogP contribution in [0.5, 0.6) is 0 Å². The summed E-state index contributed by atoms with van der Waals surface area (Å²) in [6.45, 7) is 4.82. The van der Waals surface area contributed by atoms with Crippen LogP contribution in [0.4, 0.5) is 4.79 Å². The Kier molecular flexibility index (Phi) is 6.81. The molecule has 2 rings (SSSR count). The van der Waals surface area contributed by atoms with Crippen LogP contribution < -0.4 is 16.0 Å². The van der Waals surface area contributed by atoms with E-state index in [4.69, 9.17) is 0 Å². The molecule has 3 amide bonds. The second-order valence-corrected chi connectivity index (χ2v) is 6.80. The van der Waals surface area contributed by atoms with Gasteiger partial charge in [0.05, 0.1) is 0 Å². The quantitative estimate of drug-likeness (QED) is 0.722. The van der Waals surface area contributed by atoms with Crippen molar-refractivity contribution < 1.29 is 9.59 Å². The zero-order valence-electron chi connectivity index (χ0n) is 14.0. The van der Waals surface area contributed by atoms with Gasteiger partial charge in [-0.25, -0.2) is 4.79 Å². The molecule has 3 N–H and O–H groups in total. The van der Waals surface area contributed by atoms with Crippen molar-refractivity contribution in [3.63, 3.8) is 0 Å². The smallest absolute Gasteiger partial charge is 0.315 e. The maximum absolute atomic E-state index is 12.0. The summed E-state index contributed by atoms with van der Waals surface area (Å²) in [6, 6.07) is 11.2. The van der Waals surface area contributed by atoms with Crippen LogP contribution in [0, 0.1) is 0 Å². The van der Waals surface area contributed by atoms with E-state index in [2.05, 4.69) is 22.0 Å². The summed E-state index contributed by atoms with van der Waals surface area (Å²) < 4.78 is 0. The second kappa shape index (κ2) is 9.08. The Morgan fingerprint density at radius 3 is 2.67 bits per heavy atom. The largest absolute Gasteiger partial charge is 0.350 e. The molecule has 1 aromatic heterocycles. The molecule has 2 aromatic rings. The average Bonchev–Trinajstić information content (AvgIpc) is 3.06. The number of benzene rings is 1. The van der Waals surface area contributed by atoms with Gasteiger partial charge in [0.2, 0.25) is 0 Å². The highest BCUT2D eigenvalue weighted by Gasteiger charge is 2.08. The van der Waals surface area contributed by atoms with Gasteiger partial charge in [0, 0.05) is 29.6 Å². The van der Waals surface area contributed by atoms with Crippen molar-refractivity contribution >= 4 is 23.3 Å². The molecule has 0 unspecified atom stereocenters. The van der Waals surface area contributed by atoms with Gasteiger partial charge in [0.25, 0.3) is 5.91 Å². The zero-order chi connectivity index (χ0) is 17.4. The third kappa shape index (κ3) is 6.04. The van der Waals surface area contributed by atoms with Crippen molar-refractivity contribution in [3.8, 4) is 0 Å². The minimum atomic E-state index is -0.205. The average molecular weight is 345 g/mol. The number of nitrogens with one attached hydrogen (secondary N) is 3. The molecule has 5 nitrogen and oxygen atoms in total. The molecule has 0 saturated heterocycles. The monoisotopic (exact) mass is 345 g/mol. The number of carbonyl (C=O) groups excluding carboxylic acids is 2. The molecule has 0 aliphatic rings. The van der Waals surface area contributed by atoms with Crippen molar-refractivity contribution in [1.82, 2.24) is 16.0 Å². The van der Waals surface area contributed by atoms with Crippen LogP contribution in [0.2, 0.25) is 0 Å². The van der Waals surface area contributed by atoms with Gasteiger partial charge in [0.1, 0.15) is 0 Å². The van der Waals surface area contributed by atoms with E-state index in [1.807, 2.05) is 37.4 Å². The van der Waals surface area contributed by atoms with Crippen LogP contribution in [0.15, 0.2) is 41.8 Å². The van der Waals surface area contributed by atoms with Gasteiger partial charge >= 0.3 is 6.03 Å². The van der Waals surface area contributed by atoms with Crippen LogP contribution in [0.1, 0.15) is 34.6 Å². The fraction of sp³-hybridized carbons (Fsp3) is 0.333. The lowest BCUT2D eigenvalue weighted by atomic mass is 10.1. The molecule has 6 heteroatoms. The van der Waals surface area contributed by atoms with Crippen molar-refractivity contribution in [2.75, 3.05) is 6.54 Å². The summed E-state index contributed by atoms with van der Waals surface area (Å²) in [4.78, 5) is 25.0. The van der Waals surface area contributed by atoms with Crippen molar-refractivity contribution in [2.24, 2.45) is 0 Å². The topological polar surface area (TPSA) is 70.2 Å². The summed E-state index contributed by atoms with van der Waals surface area (Å²) in [5.74, 6) is -0.104. The highest BCUT2D eigenvalue weighted by Crippen LogP contribution is 2.08. The van der Waals surface area contributed by atoms with Gasteiger partial charge in [-0.05, 0) is 49.4 Å². The number of rotatable bonds is 7. The van der Waals surface area contributed by atoms with Crippen molar-refractivity contribution in [1.29, 1.82) is 0 Å². The Hall–Kier alpha value is -2.34. The first-order valence-electron chi connectivity index (χ1n) is 7.98. The van der Waals surface area contributed by atoms with Crippen molar-refractivity contribution in [2.45, 2.75) is 32.9 Å². The van der Waals surface area contributed by atoms with Crippen LogP contribution in [-0.2, 0) is 13.0 Å². The van der Waals surface area contributed by atoms with Crippen LogP contribution in [-0.4, -0.2) is 24.5 Å². The normalized spacial score (nSPS) is 10.5. The fourth-order valence-electron chi connectivity index (χ4n) is 2.17. The maximum Gasteiger partial charge on any atom is 0.315 e. The van der Waals surface area contributed by atoms with E-state index in [1.54, 1.807) is 23.5 Å². The Morgan fingerprint density at radius 2 is 1.96 bits per heavy atom. The molecule has 0 atom stereocenters. The molecule has 128 valence electrons. The molecule has 0 radical (unpaired) electrons. The zero-order valence-corrected chi connectivity index (χ0v) is 14.8. The lowest BCUT2D eigenvalue weighted by Gasteiger charge is -2.10. The van der Waals surface area contributed by atoms with Crippen LogP contribution >= 0.6 is 11.3 Å². The molecular formula is C18H23N3O2S. The third-order valence-corrected chi connectivity index (χ3v) is 4.24. The van der Waals surface area contributed by atoms with Gasteiger partial charge in [-0.3, -0.25) is 4.79 Å². The minimum absolute atomic E-state index is 0.0911. The summed E-state index contributed by atoms with van der Waals surface area (Å²) >= 11 is 1.68. The van der Waals surface area contributed by atoms with E-state index < -0.39 is 0 Å². The van der Waals surface area contributed by atoms with Crippen molar-refractivity contribution in [3.05, 3.63) is 57.8 Å². The second-order valence-electron chi connectivity index (χ2n) is 5.77. The molecule has 1 aromatic carbocycles. The number of amides is 3. The molecule has 0 bridgehead atoms. The first-order chi connectivity index (χ1) is 11.5. The third-order valence-electron chi connectivity index (χ3n) is 3.30. The van der Waals surface area contributed by atoms with Gasteiger partial charge in [-0.15, -0.1) is 11.3 Å². The summed E-state index contributed by atoms with van der Waals surface area (Å²) in [5, 5.41) is 10.5. The first-order valence-corrected chi connectivity index (χ1v) is 8.86. The highest BCUT2D eigenvalue weighted by atomic mass is 32.1. The standard InChI is InChI=1S/C18H23N3O2S/c1-13(2)21-17(22)15-6-3-5-14(11-15)12-20-18(23)19-9-8-16-7-4-10-24-16/h3-7,10-11,13H,8-9,12H2,1-2H3,(H,21,22)(H2,19,20,23). The van der Waals surface area contributed by atoms with Gasteiger partial charge < -0.3 is 16.0 Å². The Labute approximate surface area is 146 Å². The molecular weight excluding hydrogens is 322 g/mol. The van der Waals surface area contributed by atoms with Gasteiger partial charge in [0.15, 0.2) is 0 Å². The van der Waals surface area contributed by atoms with Gasteiger partial charge in [-0.2, -0.15) is 0 Å². The fourth-order valence-corrected chi connectivity index (χ4v) is 2.88. The van der Waals surface area contributed by atoms with Crippen LogP contribution in [0.3, 0.4) is 0 Å². The Bertz CT molecular complexity index is 669. The van der Waals surface area contributed by atoms with E-state index >= 15 is 0 Å². The van der Waals surface area contributed by atoms with E-state index in [-0.39, 0.29) is 18.0 Å². The lowest BCUT2D eigenvalue weighted by Crippen LogP contribution is -2.36. The summed E-state index contributed by atoms with van der Waals surface area (Å²) in [7, 11) is 0. The molecule has 1 heterocycles. The van der Waals surface area contributed by atoms with Crippen LogP contribution in [0.25, 0.3) is 0 Å². The number of thiophene rings is 1. The Balaban J connectivity index is 1.76. The maximum atomic E-state index is 12.0. The van der Waals surface area contributed by atoms with E-state index in [9.17, 15) is 9.59 Å². The molecule has 0 aliphatic heterocycles. The van der Waals surface area contributed by atoms with Gasteiger partial charge in [-0.1, -0.05) is 18.2 Å². The predicted molar refractivity (Wildman–Crippen MR) is 97.3 cm³/mol. The number of hydrogen-bond acceptors (Lipinski definition) is 3.